The second-order valence-electron chi connectivity index (χ2n) is 2.98. The zero-order valence-corrected chi connectivity index (χ0v) is 11.7. The van der Waals surface area contributed by atoms with Crippen LogP contribution in [0.25, 0.3) is 0 Å². The van der Waals surface area contributed by atoms with Gasteiger partial charge in [0.2, 0.25) is 5.91 Å². The van der Waals surface area contributed by atoms with Crippen molar-refractivity contribution in [1.29, 1.82) is 0 Å². The molecule has 1 aromatic carbocycles. The number of nitrogens with zero attached hydrogens (tertiary/aromatic N) is 1. The Labute approximate surface area is 102 Å². The molecular formula is C10H10NOU-. The van der Waals surface area contributed by atoms with Crippen molar-refractivity contribution < 1.29 is 35.9 Å². The van der Waals surface area contributed by atoms with E-state index in [1.807, 2.05) is 18.2 Å². The largest absolute Gasteiger partial charge is 0.366 e. The van der Waals surface area contributed by atoms with Crippen LogP contribution in [0.1, 0.15) is 12.5 Å². The minimum absolute atomic E-state index is 0. The Morgan fingerprint density at radius 2 is 2.38 bits per heavy atom. The molecule has 0 spiro atoms. The molecule has 0 radical (unpaired) electrons. The third-order valence-corrected chi connectivity index (χ3v) is 2.21. The second kappa shape index (κ2) is 4.30. The molecule has 0 N–H and O–H groups in total. The Balaban J connectivity index is 0.000000845. The van der Waals surface area contributed by atoms with Gasteiger partial charge < -0.3 is 4.90 Å². The minimum Gasteiger partial charge on any atom is -0.366 e. The van der Waals surface area contributed by atoms with Gasteiger partial charge in [-0.15, -0.1) is 5.56 Å². The first-order chi connectivity index (χ1) is 5.79. The monoisotopic (exact) mass is 398 g/mol. The second-order valence-corrected chi connectivity index (χ2v) is 2.98. The number of hydrogen-bond donors (Lipinski definition) is 0. The molecule has 1 amide bonds. The maximum absolute atomic E-state index is 11.1. The molecule has 0 bridgehead atoms. The van der Waals surface area contributed by atoms with Crippen molar-refractivity contribution in [2.75, 3.05) is 11.4 Å². The Morgan fingerprint density at radius 1 is 1.62 bits per heavy atom. The summed E-state index contributed by atoms with van der Waals surface area (Å²) in [7, 11) is 0. The number of rotatable bonds is 0. The molecule has 1 aromatic rings. The topological polar surface area (TPSA) is 20.3 Å². The molecule has 66 valence electrons. The van der Waals surface area contributed by atoms with Gasteiger partial charge in [0.15, 0.2) is 0 Å². The zero-order chi connectivity index (χ0) is 8.55. The van der Waals surface area contributed by atoms with Crippen LogP contribution in [0.3, 0.4) is 0 Å². The molecule has 3 heteroatoms. The number of anilines is 1. The maximum Gasteiger partial charge on any atom is 0.212 e. The average molecular weight is 398 g/mol. The first-order valence-corrected chi connectivity index (χ1v) is 4.06. The molecule has 0 aliphatic carbocycles. The van der Waals surface area contributed by atoms with Gasteiger partial charge in [0.1, 0.15) is 0 Å². The third kappa shape index (κ3) is 1.98. The van der Waals surface area contributed by atoms with Crippen molar-refractivity contribution in [2.45, 2.75) is 13.3 Å². The van der Waals surface area contributed by atoms with Crippen LogP contribution in [0.15, 0.2) is 18.2 Å². The van der Waals surface area contributed by atoms with Crippen molar-refractivity contribution >= 4 is 11.6 Å². The van der Waals surface area contributed by atoms with E-state index in [9.17, 15) is 4.79 Å². The molecule has 0 atom stereocenters. The predicted molar refractivity (Wildman–Crippen MR) is 47.0 cm³/mol. The van der Waals surface area contributed by atoms with E-state index >= 15 is 0 Å². The first kappa shape index (κ1) is 10.8. The molecule has 2 rings (SSSR count). The van der Waals surface area contributed by atoms with E-state index in [0.717, 1.165) is 18.7 Å². The fourth-order valence-electron chi connectivity index (χ4n) is 1.60. The number of amides is 1. The van der Waals surface area contributed by atoms with Crippen molar-refractivity contribution in [3.05, 3.63) is 29.8 Å². The Morgan fingerprint density at radius 3 is 3.08 bits per heavy atom. The van der Waals surface area contributed by atoms with Gasteiger partial charge in [-0.3, -0.25) is 4.79 Å². The standard InChI is InChI=1S/C10H10NO.U/c1-8(12)11-7-6-9-4-2-3-5-10(9)11;/h2,4-5H,6-7H2,1H3;/q-1;. The van der Waals surface area contributed by atoms with Crippen LogP contribution in [-0.4, -0.2) is 12.5 Å². The molecule has 0 unspecified atom stereocenters. The van der Waals surface area contributed by atoms with Gasteiger partial charge in [0.05, 0.1) is 0 Å². The van der Waals surface area contributed by atoms with Crippen LogP contribution in [-0.2, 0) is 11.2 Å². The number of carbonyl (C=O) groups excluding carboxylic acids is 1. The molecule has 1 aliphatic heterocycles. The average Bonchev–Trinajstić information content (AvgIpc) is 2.47. The van der Waals surface area contributed by atoms with Gasteiger partial charge in [0, 0.05) is 44.6 Å². The summed E-state index contributed by atoms with van der Waals surface area (Å²) >= 11 is 0. The van der Waals surface area contributed by atoms with Gasteiger partial charge in [-0.05, 0) is 6.42 Å². The fraction of sp³-hybridized carbons (Fsp3) is 0.300. The SMILES string of the molecule is CC(=O)N1CCc2cc[c-]cc21.[U]. The summed E-state index contributed by atoms with van der Waals surface area (Å²) in [5.41, 5.74) is 2.29. The third-order valence-electron chi connectivity index (χ3n) is 2.21. The van der Waals surface area contributed by atoms with E-state index in [4.69, 9.17) is 0 Å². The normalized spacial score (nSPS) is 13.5. The molecule has 1 aliphatic rings. The molecule has 0 aromatic heterocycles. The Bertz CT molecular complexity index is 324. The van der Waals surface area contributed by atoms with Gasteiger partial charge in [0.25, 0.3) is 0 Å². The smallest absolute Gasteiger partial charge is 0.212 e. The summed E-state index contributed by atoms with van der Waals surface area (Å²) in [5, 5.41) is 0. The summed E-state index contributed by atoms with van der Waals surface area (Å²) in [4.78, 5) is 12.9. The van der Waals surface area contributed by atoms with Crippen molar-refractivity contribution in [3.63, 3.8) is 0 Å². The van der Waals surface area contributed by atoms with Crippen molar-refractivity contribution in [2.24, 2.45) is 0 Å². The van der Waals surface area contributed by atoms with E-state index < -0.39 is 0 Å². The predicted octanol–water partition coefficient (Wildman–Crippen LogP) is 1.40. The molecule has 0 saturated carbocycles. The summed E-state index contributed by atoms with van der Waals surface area (Å²) in [5.74, 6) is 0.119. The van der Waals surface area contributed by atoms with Gasteiger partial charge >= 0.3 is 0 Å². The van der Waals surface area contributed by atoms with E-state index in [1.165, 1.54) is 5.56 Å². The minimum atomic E-state index is 0. The Hall–Kier alpha value is -0.258. The number of hydrogen-bond acceptors (Lipinski definition) is 1. The van der Waals surface area contributed by atoms with Crippen molar-refractivity contribution in [3.8, 4) is 0 Å². The molecule has 1 heterocycles. The maximum atomic E-state index is 11.1. The van der Waals surface area contributed by atoms with Gasteiger partial charge in [-0.2, -0.15) is 24.3 Å². The van der Waals surface area contributed by atoms with Gasteiger partial charge in [-0.25, -0.2) is 0 Å². The first-order valence-electron chi connectivity index (χ1n) is 4.06. The van der Waals surface area contributed by atoms with Crippen molar-refractivity contribution in [1.82, 2.24) is 0 Å². The molecule has 0 fully saturated rings. The summed E-state index contributed by atoms with van der Waals surface area (Å²) in [6.07, 6.45) is 0.976. The van der Waals surface area contributed by atoms with E-state index in [1.54, 1.807) is 11.8 Å². The zero-order valence-electron chi connectivity index (χ0n) is 7.50. The van der Waals surface area contributed by atoms with Crippen LogP contribution >= 0.6 is 0 Å². The number of fused-ring (bicyclic) bond motifs is 1. The molecular weight excluding hydrogens is 388 g/mol. The van der Waals surface area contributed by atoms with Crippen LogP contribution in [0.2, 0.25) is 0 Å². The molecule has 2 nitrogen and oxygen atoms in total. The quantitative estimate of drug-likeness (QED) is 0.606. The summed E-state index contributed by atoms with van der Waals surface area (Å²) < 4.78 is 0. The summed E-state index contributed by atoms with van der Waals surface area (Å²) in [6.45, 7) is 2.42. The van der Waals surface area contributed by atoms with E-state index in [-0.39, 0.29) is 37.0 Å². The van der Waals surface area contributed by atoms with E-state index in [2.05, 4.69) is 6.07 Å². The molecule has 0 saturated heterocycles. The van der Waals surface area contributed by atoms with E-state index in [0.29, 0.717) is 0 Å². The number of carbonyl (C=O) groups is 1. The number of benzene rings is 1. The fourth-order valence-corrected chi connectivity index (χ4v) is 1.60. The van der Waals surface area contributed by atoms with Gasteiger partial charge in [-0.1, -0.05) is 5.69 Å². The van der Waals surface area contributed by atoms with Crippen LogP contribution in [0.4, 0.5) is 5.69 Å². The Kier molecular flexibility index (Phi) is 3.58. The van der Waals surface area contributed by atoms with Crippen LogP contribution in [0, 0.1) is 37.2 Å². The van der Waals surface area contributed by atoms with Crippen LogP contribution < -0.4 is 4.90 Å². The van der Waals surface area contributed by atoms with Crippen LogP contribution in [0.5, 0.6) is 0 Å². The molecule has 13 heavy (non-hydrogen) atoms. The summed E-state index contributed by atoms with van der Waals surface area (Å²) in [6, 6.07) is 8.78.